The maximum Gasteiger partial charge on any atom is 0.328 e. The van der Waals surface area contributed by atoms with Crippen LogP contribution in [0.5, 0.6) is 0 Å². The minimum atomic E-state index is -1.04. The molecule has 26 heavy (non-hydrogen) atoms. The van der Waals surface area contributed by atoms with Crippen molar-refractivity contribution >= 4 is 22.4 Å². The molecule has 0 bridgehead atoms. The van der Waals surface area contributed by atoms with Crippen LogP contribution in [0.3, 0.4) is 0 Å². The number of halogens is 1. The van der Waals surface area contributed by atoms with E-state index in [1.54, 1.807) is 13.8 Å². The second kappa shape index (κ2) is 7.73. The first-order valence-electron chi connectivity index (χ1n) is 8.70. The topological polar surface area (TPSA) is 42.2 Å². The van der Waals surface area contributed by atoms with Crippen molar-refractivity contribution in [1.82, 2.24) is 4.57 Å². The summed E-state index contributed by atoms with van der Waals surface area (Å²) in [6, 6.07) is 6.36. The van der Waals surface area contributed by atoms with E-state index in [2.05, 4.69) is 32.3 Å². The first-order valence-corrected chi connectivity index (χ1v) is 8.70. The van der Waals surface area contributed by atoms with E-state index in [-0.39, 0.29) is 5.83 Å². The van der Waals surface area contributed by atoms with E-state index < -0.39 is 5.97 Å². The Morgan fingerprint density at radius 3 is 2.42 bits per heavy atom. The van der Waals surface area contributed by atoms with Crippen molar-refractivity contribution in [2.45, 2.75) is 47.6 Å². The zero-order chi connectivity index (χ0) is 19.6. The summed E-state index contributed by atoms with van der Waals surface area (Å²) in [6.45, 7) is 11.9. The number of aromatic nitrogens is 1. The van der Waals surface area contributed by atoms with Crippen LogP contribution in [0.4, 0.5) is 4.39 Å². The maximum absolute atomic E-state index is 14.5. The van der Waals surface area contributed by atoms with Gasteiger partial charge in [-0.05, 0) is 82.0 Å². The molecular formula is C22H26FNO2. The fraction of sp³-hybridized carbons (Fsp3) is 0.318. The molecule has 0 unspecified atom stereocenters. The number of benzene rings is 1. The molecule has 0 fully saturated rings. The van der Waals surface area contributed by atoms with Crippen LogP contribution in [-0.2, 0) is 4.79 Å². The molecule has 0 radical (unpaired) electrons. The average Bonchev–Trinajstić information content (AvgIpc) is 2.82. The molecule has 0 aliphatic rings. The van der Waals surface area contributed by atoms with Gasteiger partial charge in [-0.1, -0.05) is 12.1 Å². The van der Waals surface area contributed by atoms with Crippen LogP contribution in [0.1, 0.15) is 50.6 Å². The molecule has 0 amide bonds. The molecule has 0 saturated carbocycles. The molecule has 0 aliphatic heterocycles. The molecule has 0 atom stereocenters. The summed E-state index contributed by atoms with van der Waals surface area (Å²) in [5, 5.41) is 9.84. The summed E-state index contributed by atoms with van der Waals surface area (Å²) in [4.78, 5) is 10.6. The number of hydrogen-bond donors (Lipinski definition) is 1. The first-order chi connectivity index (χ1) is 12.1. The molecule has 0 saturated heterocycles. The number of allylic oxidation sites excluding steroid dienone is 5. The number of nitrogens with zero attached hydrogens (tertiary/aromatic N) is 1. The molecule has 138 valence electrons. The van der Waals surface area contributed by atoms with E-state index in [0.29, 0.717) is 17.2 Å². The summed E-state index contributed by atoms with van der Waals surface area (Å²) in [6.07, 6.45) is 3.83. The number of carboxylic acid groups (broad SMARTS) is 1. The summed E-state index contributed by atoms with van der Waals surface area (Å²) in [5.41, 5.74) is 5.42. The quantitative estimate of drug-likeness (QED) is 0.518. The smallest absolute Gasteiger partial charge is 0.328 e. The zero-order valence-corrected chi connectivity index (χ0v) is 16.2. The highest BCUT2D eigenvalue weighted by atomic mass is 19.1. The Balaban J connectivity index is 2.48. The lowest BCUT2D eigenvalue weighted by Crippen LogP contribution is -2.02. The van der Waals surface area contributed by atoms with Crippen molar-refractivity contribution in [3.05, 3.63) is 64.6 Å². The van der Waals surface area contributed by atoms with Crippen LogP contribution in [0.25, 0.3) is 16.5 Å². The van der Waals surface area contributed by atoms with Gasteiger partial charge in [0, 0.05) is 28.7 Å². The minimum absolute atomic E-state index is 0.359. The Kier molecular flexibility index (Phi) is 5.86. The predicted octanol–water partition coefficient (Wildman–Crippen LogP) is 6.13. The van der Waals surface area contributed by atoms with Gasteiger partial charge in [-0.3, -0.25) is 0 Å². The van der Waals surface area contributed by atoms with E-state index in [9.17, 15) is 9.18 Å². The molecule has 0 spiro atoms. The van der Waals surface area contributed by atoms with Crippen LogP contribution in [0.2, 0.25) is 0 Å². The van der Waals surface area contributed by atoms with Crippen molar-refractivity contribution < 1.29 is 14.3 Å². The molecule has 1 N–H and O–H groups in total. The third-order valence-corrected chi connectivity index (χ3v) is 4.72. The van der Waals surface area contributed by atoms with E-state index in [1.807, 2.05) is 18.2 Å². The van der Waals surface area contributed by atoms with E-state index in [1.165, 1.54) is 23.4 Å². The predicted molar refractivity (Wildman–Crippen MR) is 106 cm³/mol. The van der Waals surface area contributed by atoms with Crippen LogP contribution in [0.15, 0.2) is 47.8 Å². The number of carboxylic acids is 1. The second-order valence-electron chi connectivity index (χ2n) is 6.94. The molecule has 3 nitrogen and oxygen atoms in total. The van der Waals surface area contributed by atoms with Crippen LogP contribution in [-0.4, -0.2) is 15.6 Å². The number of rotatable bonds is 5. The lowest BCUT2D eigenvalue weighted by Gasteiger charge is -2.12. The van der Waals surface area contributed by atoms with Gasteiger partial charge in [-0.25, -0.2) is 9.18 Å². The van der Waals surface area contributed by atoms with E-state index in [4.69, 9.17) is 5.11 Å². The minimum Gasteiger partial charge on any atom is -0.478 e. The Morgan fingerprint density at radius 2 is 1.85 bits per heavy atom. The van der Waals surface area contributed by atoms with Crippen molar-refractivity contribution in [3.8, 4) is 0 Å². The highest BCUT2D eigenvalue weighted by Gasteiger charge is 2.14. The summed E-state index contributed by atoms with van der Waals surface area (Å²) >= 11 is 0. The Bertz CT molecular complexity index is 943. The molecule has 0 aliphatic carbocycles. The standard InChI is InChI=1S/C22H26FNO2/c1-13(2)24-17(6)15(4)19-12-18(8-10-21(19)24)16(5)20(23)9-7-14(3)11-22(25)26/h7-13H,1-6H3,(H,25,26). The van der Waals surface area contributed by atoms with Crippen molar-refractivity contribution in [2.75, 3.05) is 0 Å². The number of carbonyl (C=O) groups is 1. The Morgan fingerprint density at radius 1 is 1.19 bits per heavy atom. The average molecular weight is 355 g/mol. The van der Waals surface area contributed by atoms with Gasteiger partial charge in [0.15, 0.2) is 0 Å². The van der Waals surface area contributed by atoms with E-state index in [0.717, 1.165) is 22.5 Å². The van der Waals surface area contributed by atoms with Crippen LogP contribution < -0.4 is 0 Å². The third-order valence-electron chi connectivity index (χ3n) is 4.72. The van der Waals surface area contributed by atoms with Gasteiger partial charge >= 0.3 is 5.97 Å². The molecule has 2 aromatic rings. The molecule has 4 heteroatoms. The molecule has 1 aromatic carbocycles. The molecule has 1 heterocycles. The monoisotopic (exact) mass is 355 g/mol. The zero-order valence-electron chi connectivity index (χ0n) is 16.2. The number of aliphatic carboxylic acids is 1. The lowest BCUT2D eigenvalue weighted by atomic mass is 10.0. The van der Waals surface area contributed by atoms with Gasteiger partial charge in [-0.2, -0.15) is 0 Å². The third kappa shape index (κ3) is 3.96. The SMILES string of the molecule is CC(C=CC(F)=C(C)c1ccc2c(c1)c(C)c(C)n2C(C)C)=CC(=O)O. The number of hydrogen-bond acceptors (Lipinski definition) is 1. The highest BCUT2D eigenvalue weighted by molar-refractivity contribution is 5.89. The van der Waals surface area contributed by atoms with Crippen molar-refractivity contribution in [1.29, 1.82) is 0 Å². The fourth-order valence-electron chi connectivity index (χ4n) is 3.21. The first kappa shape index (κ1) is 19.7. The van der Waals surface area contributed by atoms with Gasteiger partial charge < -0.3 is 9.67 Å². The number of fused-ring (bicyclic) bond motifs is 1. The number of aryl methyl sites for hydroxylation is 1. The normalized spacial score (nSPS) is 13.8. The highest BCUT2D eigenvalue weighted by Crippen LogP contribution is 2.31. The van der Waals surface area contributed by atoms with E-state index >= 15 is 0 Å². The van der Waals surface area contributed by atoms with Gasteiger partial charge in [0.25, 0.3) is 0 Å². The Hall–Kier alpha value is -2.62. The Labute approximate surface area is 154 Å². The largest absolute Gasteiger partial charge is 0.478 e. The van der Waals surface area contributed by atoms with Crippen molar-refractivity contribution in [3.63, 3.8) is 0 Å². The lowest BCUT2D eigenvalue weighted by molar-refractivity contribution is -0.131. The molecule has 1 aromatic heterocycles. The molecular weight excluding hydrogens is 329 g/mol. The van der Waals surface area contributed by atoms with Gasteiger partial charge in [0.1, 0.15) is 5.83 Å². The van der Waals surface area contributed by atoms with Gasteiger partial charge in [0.05, 0.1) is 0 Å². The van der Waals surface area contributed by atoms with Crippen LogP contribution >= 0.6 is 0 Å². The van der Waals surface area contributed by atoms with Gasteiger partial charge in [-0.15, -0.1) is 0 Å². The maximum atomic E-state index is 14.5. The second-order valence-corrected chi connectivity index (χ2v) is 6.94. The summed E-state index contributed by atoms with van der Waals surface area (Å²) in [5.74, 6) is -1.42. The summed E-state index contributed by atoms with van der Waals surface area (Å²) < 4.78 is 16.8. The summed E-state index contributed by atoms with van der Waals surface area (Å²) in [7, 11) is 0. The fourth-order valence-corrected chi connectivity index (χ4v) is 3.21. The van der Waals surface area contributed by atoms with Crippen molar-refractivity contribution in [2.24, 2.45) is 0 Å². The molecule has 2 rings (SSSR count). The van der Waals surface area contributed by atoms with Gasteiger partial charge in [0.2, 0.25) is 0 Å². The van der Waals surface area contributed by atoms with Crippen LogP contribution in [0, 0.1) is 13.8 Å².